The number of aryl methyl sites for hydroxylation is 1. The lowest BCUT2D eigenvalue weighted by Crippen LogP contribution is -2.46. The third-order valence-corrected chi connectivity index (χ3v) is 9.39. The lowest BCUT2D eigenvalue weighted by atomic mass is 9.95. The fourth-order valence-corrected chi connectivity index (χ4v) is 6.61. The number of carbonyl (C=O) groups excluding carboxylic acids is 2. The van der Waals surface area contributed by atoms with Gasteiger partial charge in [-0.15, -0.1) is 0 Å². The highest BCUT2D eigenvalue weighted by Gasteiger charge is 2.32. The number of H-pyrrole nitrogens is 1. The van der Waals surface area contributed by atoms with Gasteiger partial charge in [0.05, 0.1) is 50.1 Å². The molecule has 3 aromatic carbocycles. The average molecular weight is 670 g/mol. The van der Waals surface area contributed by atoms with Gasteiger partial charge in [0.1, 0.15) is 11.9 Å². The van der Waals surface area contributed by atoms with Gasteiger partial charge < -0.3 is 35.1 Å². The van der Waals surface area contributed by atoms with Gasteiger partial charge in [-0.05, 0) is 71.7 Å². The molecule has 2 amide bonds. The topological polar surface area (TPSA) is 144 Å². The van der Waals surface area contributed by atoms with Gasteiger partial charge in [0.25, 0.3) is 0 Å². The Morgan fingerprint density at radius 1 is 1.00 bits per heavy atom. The molecule has 0 aliphatic heterocycles. The number of nitrogens with one attached hydrogen (secondary N) is 4. The number of ether oxygens (including phenoxy) is 3. The smallest absolute Gasteiger partial charge is 0.243 e. The molecule has 0 saturated carbocycles. The third-order valence-electron chi connectivity index (χ3n) is 9.39. The summed E-state index contributed by atoms with van der Waals surface area (Å²) in [5, 5.41) is 9.54. The molecule has 1 aliphatic rings. The maximum absolute atomic E-state index is 14.0. The Hall–Kier alpha value is -5.06. The zero-order valence-corrected chi connectivity index (χ0v) is 29.5. The molecule has 4 aromatic rings. The van der Waals surface area contributed by atoms with Crippen LogP contribution in [0.1, 0.15) is 76.5 Å². The van der Waals surface area contributed by atoms with Crippen molar-refractivity contribution in [2.45, 2.75) is 72.0 Å². The summed E-state index contributed by atoms with van der Waals surface area (Å²) in [5.41, 5.74) is 4.71. The first-order chi connectivity index (χ1) is 23.5. The Morgan fingerprint density at radius 3 is 2.37 bits per heavy atom. The second-order valence-electron chi connectivity index (χ2n) is 13.0. The van der Waals surface area contributed by atoms with E-state index in [4.69, 9.17) is 19.2 Å². The standard InChI is InChI=1S/C38H47N5O6/c1-9-21(4)34(37-41-27-12-10-11-13-28(27)42-37)43-38(46)33(20(2)3)40-29-17-15-24-25(19-30(29)45)26(39-22(5)44)16-14-23-18-31(47-6)35(48-7)36(49-8)32(23)24/h10-13,15,17-21,26,33-34H,9,14,16H2,1-8H3,(H,39,44)(H,40,45)(H,41,42)(H,43,46)/t21-,26-,33-,34-/m1/s1. The largest absolute Gasteiger partial charge is 0.493 e. The molecular weight excluding hydrogens is 622 g/mol. The molecule has 5 rings (SSSR count). The number of aromatic nitrogens is 2. The second kappa shape index (κ2) is 15.0. The van der Waals surface area contributed by atoms with Gasteiger partial charge in [-0.1, -0.05) is 52.3 Å². The first-order valence-corrected chi connectivity index (χ1v) is 16.8. The molecule has 0 radical (unpaired) electrons. The average Bonchev–Trinajstić information content (AvgIpc) is 3.38. The molecule has 0 spiro atoms. The lowest BCUT2D eigenvalue weighted by molar-refractivity contribution is -0.124. The second-order valence-corrected chi connectivity index (χ2v) is 13.0. The van der Waals surface area contributed by atoms with E-state index in [1.54, 1.807) is 33.5 Å². The van der Waals surface area contributed by atoms with E-state index in [9.17, 15) is 14.4 Å². The minimum Gasteiger partial charge on any atom is -0.493 e. The summed E-state index contributed by atoms with van der Waals surface area (Å²) in [4.78, 5) is 48.6. The molecule has 260 valence electrons. The predicted octanol–water partition coefficient (Wildman–Crippen LogP) is 6.08. The molecule has 1 aliphatic carbocycles. The van der Waals surface area contributed by atoms with Crippen molar-refractivity contribution >= 4 is 28.5 Å². The number of nitrogens with zero attached hydrogens (tertiary/aromatic N) is 1. The Morgan fingerprint density at radius 2 is 1.73 bits per heavy atom. The minimum absolute atomic E-state index is 0.0916. The monoisotopic (exact) mass is 669 g/mol. The number of benzene rings is 2. The van der Waals surface area contributed by atoms with Crippen molar-refractivity contribution < 1.29 is 23.8 Å². The number of methoxy groups -OCH3 is 3. The van der Waals surface area contributed by atoms with E-state index in [0.717, 1.165) is 28.6 Å². The minimum atomic E-state index is -0.733. The van der Waals surface area contributed by atoms with Crippen LogP contribution in [-0.4, -0.2) is 49.2 Å². The van der Waals surface area contributed by atoms with E-state index < -0.39 is 12.1 Å². The van der Waals surface area contributed by atoms with Crippen LogP contribution < -0.4 is 35.6 Å². The summed E-state index contributed by atoms with van der Waals surface area (Å²) in [7, 11) is 4.68. The number of fused-ring (bicyclic) bond motifs is 4. The van der Waals surface area contributed by atoms with Crippen molar-refractivity contribution in [1.82, 2.24) is 20.6 Å². The van der Waals surface area contributed by atoms with Gasteiger partial charge in [0.15, 0.2) is 11.5 Å². The zero-order valence-electron chi connectivity index (χ0n) is 29.5. The Kier molecular flexibility index (Phi) is 10.8. The van der Waals surface area contributed by atoms with E-state index in [0.29, 0.717) is 47.0 Å². The van der Waals surface area contributed by atoms with Crippen molar-refractivity contribution in [1.29, 1.82) is 0 Å². The Bertz CT molecular complexity index is 1870. The maximum atomic E-state index is 14.0. The molecule has 49 heavy (non-hydrogen) atoms. The summed E-state index contributed by atoms with van der Waals surface area (Å²) in [6, 6.07) is 13.2. The summed E-state index contributed by atoms with van der Waals surface area (Å²) < 4.78 is 17.2. The zero-order chi connectivity index (χ0) is 35.4. The van der Waals surface area contributed by atoms with E-state index in [1.807, 2.05) is 50.2 Å². The molecule has 1 heterocycles. The molecule has 0 fully saturated rings. The van der Waals surface area contributed by atoms with Crippen LogP contribution in [0.4, 0.5) is 5.69 Å². The SMILES string of the molecule is CC[C@@H](C)[C@@H](NC(=O)[C@H](Nc1ccc2c(cc1=O)[C@H](NC(C)=O)CCc1cc(OC)c(OC)c(OC)c1-2)C(C)C)c1nc2ccccc2[nH]1. The number of para-hydroxylation sites is 2. The molecule has 11 nitrogen and oxygen atoms in total. The third kappa shape index (κ3) is 7.21. The van der Waals surface area contributed by atoms with Crippen LogP contribution in [0.5, 0.6) is 17.2 Å². The Labute approximate surface area is 287 Å². The number of anilines is 1. The highest BCUT2D eigenvalue weighted by Crippen LogP contribution is 2.50. The number of amides is 2. The van der Waals surface area contributed by atoms with E-state index >= 15 is 0 Å². The van der Waals surface area contributed by atoms with Gasteiger partial charge in [0.2, 0.25) is 23.0 Å². The highest BCUT2D eigenvalue weighted by molar-refractivity contribution is 5.86. The lowest BCUT2D eigenvalue weighted by Gasteiger charge is -2.28. The first kappa shape index (κ1) is 35.3. The van der Waals surface area contributed by atoms with Crippen LogP contribution in [-0.2, 0) is 16.0 Å². The van der Waals surface area contributed by atoms with Crippen LogP contribution >= 0.6 is 0 Å². The van der Waals surface area contributed by atoms with Crippen molar-refractivity contribution in [2.75, 3.05) is 26.6 Å². The highest BCUT2D eigenvalue weighted by atomic mass is 16.5. The summed E-state index contributed by atoms with van der Waals surface area (Å²) in [6.45, 7) is 9.50. The number of imidazole rings is 1. The van der Waals surface area contributed by atoms with Gasteiger partial charge in [-0.25, -0.2) is 4.98 Å². The normalized spacial score (nSPS) is 15.7. The molecule has 0 saturated heterocycles. The van der Waals surface area contributed by atoms with Crippen LogP contribution in [0.15, 0.2) is 53.3 Å². The number of rotatable bonds is 12. The van der Waals surface area contributed by atoms with Gasteiger partial charge in [-0.2, -0.15) is 0 Å². The fraction of sp³-hybridized carbons (Fsp3) is 0.421. The summed E-state index contributed by atoms with van der Waals surface area (Å²) in [6.07, 6.45) is 1.96. The van der Waals surface area contributed by atoms with Crippen LogP contribution in [0.25, 0.3) is 22.2 Å². The van der Waals surface area contributed by atoms with Crippen molar-refractivity contribution in [3.05, 3.63) is 75.7 Å². The van der Waals surface area contributed by atoms with Crippen molar-refractivity contribution in [2.24, 2.45) is 11.8 Å². The van der Waals surface area contributed by atoms with Gasteiger partial charge in [0, 0.05) is 12.5 Å². The number of carbonyl (C=O) groups is 2. The molecule has 4 atom stereocenters. The van der Waals surface area contributed by atoms with E-state index in [1.165, 1.54) is 6.92 Å². The van der Waals surface area contributed by atoms with Gasteiger partial charge in [-0.3, -0.25) is 14.4 Å². The molecule has 0 unspecified atom stereocenters. The predicted molar refractivity (Wildman–Crippen MR) is 191 cm³/mol. The molecule has 0 bridgehead atoms. The number of aromatic amines is 1. The molecule has 1 aromatic heterocycles. The number of hydrogen-bond acceptors (Lipinski definition) is 8. The van der Waals surface area contributed by atoms with E-state index in [2.05, 4.69) is 34.8 Å². The number of hydrogen-bond donors (Lipinski definition) is 4. The van der Waals surface area contributed by atoms with Crippen molar-refractivity contribution in [3.63, 3.8) is 0 Å². The maximum Gasteiger partial charge on any atom is 0.243 e. The van der Waals surface area contributed by atoms with Crippen LogP contribution in [0, 0.1) is 11.8 Å². The van der Waals surface area contributed by atoms with Gasteiger partial charge >= 0.3 is 0 Å². The van der Waals surface area contributed by atoms with Crippen molar-refractivity contribution in [3.8, 4) is 28.4 Å². The fourth-order valence-electron chi connectivity index (χ4n) is 6.61. The quantitative estimate of drug-likeness (QED) is 0.142. The summed E-state index contributed by atoms with van der Waals surface area (Å²) >= 11 is 0. The molecule has 11 heteroatoms. The Balaban J connectivity index is 1.57. The van der Waals surface area contributed by atoms with Crippen LogP contribution in [0.3, 0.4) is 0 Å². The van der Waals surface area contributed by atoms with E-state index in [-0.39, 0.29) is 40.8 Å². The molecular formula is C38H47N5O6. The molecule has 4 N–H and O–H groups in total. The first-order valence-electron chi connectivity index (χ1n) is 16.8. The summed E-state index contributed by atoms with van der Waals surface area (Å²) in [5.74, 6) is 1.58. The van der Waals surface area contributed by atoms with Crippen LogP contribution in [0.2, 0.25) is 0 Å².